The van der Waals surface area contributed by atoms with E-state index in [0.29, 0.717) is 16.1 Å². The number of halogens is 4. The van der Waals surface area contributed by atoms with Gasteiger partial charge in [-0.25, -0.2) is 9.48 Å². The van der Waals surface area contributed by atoms with E-state index in [-0.39, 0.29) is 23.5 Å². The van der Waals surface area contributed by atoms with Gasteiger partial charge >= 0.3 is 12.1 Å². The Kier molecular flexibility index (Phi) is 6.65. The lowest BCUT2D eigenvalue weighted by Crippen LogP contribution is -2.20. The molecule has 31 heavy (non-hydrogen) atoms. The number of hydrogen-bond acceptors (Lipinski definition) is 4. The quantitative estimate of drug-likeness (QED) is 0.512. The molecule has 0 aliphatic carbocycles. The molecule has 1 aromatic heterocycles. The van der Waals surface area contributed by atoms with E-state index in [1.165, 1.54) is 48.5 Å². The molecular weight excluding hydrogens is 435 g/mol. The standard InChI is InChI=1S/C21H17ClF3N3O3/c1-2-11-31-20(30)13-3-7-15(8-4-13)27-19(29)17-12-26-28(18(17)21(23,24)25)16-9-5-14(22)6-10-16/h3-10,12H,2,11H2,1H3,(H,27,29). The second-order valence-electron chi connectivity index (χ2n) is 6.46. The first-order valence-electron chi connectivity index (χ1n) is 9.20. The zero-order valence-corrected chi connectivity index (χ0v) is 17.0. The minimum atomic E-state index is -4.84. The number of benzene rings is 2. The highest BCUT2D eigenvalue weighted by Gasteiger charge is 2.40. The number of amides is 1. The van der Waals surface area contributed by atoms with Crippen LogP contribution in [0.3, 0.4) is 0 Å². The molecule has 3 rings (SSSR count). The van der Waals surface area contributed by atoms with Gasteiger partial charge in [-0.15, -0.1) is 0 Å². The van der Waals surface area contributed by atoms with Crippen LogP contribution in [-0.2, 0) is 10.9 Å². The molecule has 162 valence electrons. The van der Waals surface area contributed by atoms with Crippen LogP contribution in [0.25, 0.3) is 5.69 Å². The Bertz CT molecular complexity index is 1080. The molecule has 10 heteroatoms. The summed E-state index contributed by atoms with van der Waals surface area (Å²) in [5.41, 5.74) is -1.28. The number of nitrogens with zero attached hydrogens (tertiary/aromatic N) is 2. The molecule has 3 aromatic rings. The fourth-order valence-corrected chi connectivity index (χ4v) is 2.86. The molecule has 1 N–H and O–H groups in total. The summed E-state index contributed by atoms with van der Waals surface area (Å²) < 4.78 is 46.8. The Labute approximate surface area is 180 Å². The average molecular weight is 452 g/mol. The Hall–Kier alpha value is -3.33. The van der Waals surface area contributed by atoms with Crippen LogP contribution in [-0.4, -0.2) is 28.3 Å². The second-order valence-corrected chi connectivity index (χ2v) is 6.90. The highest BCUT2D eigenvalue weighted by Crippen LogP contribution is 2.34. The Morgan fingerprint density at radius 2 is 1.74 bits per heavy atom. The molecule has 0 atom stereocenters. The third-order valence-corrected chi connectivity index (χ3v) is 4.42. The van der Waals surface area contributed by atoms with Crippen LogP contribution >= 0.6 is 11.6 Å². The van der Waals surface area contributed by atoms with E-state index >= 15 is 0 Å². The third kappa shape index (κ3) is 5.24. The van der Waals surface area contributed by atoms with Gasteiger partial charge in [0.25, 0.3) is 5.91 Å². The number of nitrogens with one attached hydrogen (secondary N) is 1. The topological polar surface area (TPSA) is 73.2 Å². The number of carbonyl (C=O) groups is 2. The summed E-state index contributed by atoms with van der Waals surface area (Å²) >= 11 is 5.79. The lowest BCUT2D eigenvalue weighted by molar-refractivity contribution is -0.143. The van der Waals surface area contributed by atoms with E-state index < -0.39 is 29.3 Å². The van der Waals surface area contributed by atoms with Gasteiger partial charge in [0.2, 0.25) is 0 Å². The van der Waals surface area contributed by atoms with Gasteiger partial charge in [0.1, 0.15) is 0 Å². The SMILES string of the molecule is CCCOC(=O)c1ccc(NC(=O)c2cnn(-c3ccc(Cl)cc3)c2C(F)(F)F)cc1. The van der Waals surface area contributed by atoms with Gasteiger partial charge in [-0.3, -0.25) is 4.79 Å². The molecule has 0 unspecified atom stereocenters. The van der Waals surface area contributed by atoms with Crippen molar-refractivity contribution in [3.63, 3.8) is 0 Å². The predicted octanol–water partition coefficient (Wildman–Crippen LogP) is 5.36. The van der Waals surface area contributed by atoms with Crippen LogP contribution in [0.15, 0.2) is 54.7 Å². The summed E-state index contributed by atoms with van der Waals surface area (Å²) in [5.74, 6) is -1.52. The van der Waals surface area contributed by atoms with E-state index in [2.05, 4.69) is 10.4 Å². The van der Waals surface area contributed by atoms with Crippen molar-refractivity contribution in [2.24, 2.45) is 0 Å². The summed E-state index contributed by atoms with van der Waals surface area (Å²) in [6, 6.07) is 11.2. The molecule has 1 amide bonds. The smallest absolute Gasteiger partial charge is 0.434 e. The Morgan fingerprint density at radius 1 is 1.10 bits per heavy atom. The molecule has 0 spiro atoms. The van der Waals surface area contributed by atoms with Crippen molar-refractivity contribution in [3.05, 3.63) is 76.6 Å². The average Bonchev–Trinajstić information content (AvgIpc) is 3.19. The Balaban J connectivity index is 1.85. The number of esters is 1. The molecule has 0 saturated carbocycles. The number of alkyl halides is 3. The van der Waals surface area contributed by atoms with Gasteiger partial charge in [0, 0.05) is 10.7 Å². The summed E-state index contributed by atoms with van der Waals surface area (Å²) in [5, 5.41) is 6.48. The largest absolute Gasteiger partial charge is 0.462 e. The van der Waals surface area contributed by atoms with Crippen LogP contribution in [0.5, 0.6) is 0 Å². The van der Waals surface area contributed by atoms with Crippen LogP contribution in [0.2, 0.25) is 5.02 Å². The molecule has 6 nitrogen and oxygen atoms in total. The van der Waals surface area contributed by atoms with Gasteiger partial charge in [-0.1, -0.05) is 18.5 Å². The number of rotatable bonds is 6. The first-order valence-corrected chi connectivity index (χ1v) is 9.58. The molecule has 0 aliphatic rings. The van der Waals surface area contributed by atoms with Crippen molar-refractivity contribution < 1.29 is 27.5 Å². The number of hydrogen-bond donors (Lipinski definition) is 1. The molecule has 0 fully saturated rings. The summed E-state index contributed by atoms with van der Waals surface area (Å²) in [4.78, 5) is 24.4. The fourth-order valence-electron chi connectivity index (χ4n) is 2.73. The lowest BCUT2D eigenvalue weighted by Gasteiger charge is -2.13. The van der Waals surface area contributed by atoms with Crippen molar-refractivity contribution in [2.45, 2.75) is 19.5 Å². The third-order valence-electron chi connectivity index (χ3n) is 4.17. The molecule has 0 bridgehead atoms. The maximum Gasteiger partial charge on any atom is 0.434 e. The number of anilines is 1. The fraction of sp³-hybridized carbons (Fsp3) is 0.190. The summed E-state index contributed by atoms with van der Waals surface area (Å²) in [6.07, 6.45) is -3.32. The molecule has 0 aliphatic heterocycles. The number of aromatic nitrogens is 2. The zero-order chi connectivity index (χ0) is 22.6. The first kappa shape index (κ1) is 22.4. The van der Waals surface area contributed by atoms with Gasteiger partial charge in [0.05, 0.1) is 29.6 Å². The van der Waals surface area contributed by atoms with Gasteiger partial charge in [0.15, 0.2) is 5.69 Å². The van der Waals surface area contributed by atoms with E-state index in [1.807, 2.05) is 6.92 Å². The normalized spacial score (nSPS) is 11.3. The molecular formula is C21H17ClF3N3O3. The summed E-state index contributed by atoms with van der Waals surface area (Å²) in [6.45, 7) is 2.13. The second kappa shape index (κ2) is 9.22. The molecule has 0 saturated heterocycles. The highest BCUT2D eigenvalue weighted by atomic mass is 35.5. The van der Waals surface area contributed by atoms with Crippen molar-refractivity contribution in [2.75, 3.05) is 11.9 Å². The molecule has 1 heterocycles. The monoisotopic (exact) mass is 451 g/mol. The van der Waals surface area contributed by atoms with Gasteiger partial charge in [-0.2, -0.15) is 18.3 Å². The van der Waals surface area contributed by atoms with Crippen molar-refractivity contribution >= 4 is 29.2 Å². The predicted molar refractivity (Wildman–Crippen MR) is 109 cm³/mol. The van der Waals surface area contributed by atoms with Crippen molar-refractivity contribution in [3.8, 4) is 5.69 Å². The van der Waals surface area contributed by atoms with E-state index in [9.17, 15) is 22.8 Å². The maximum atomic E-state index is 13.7. The Morgan fingerprint density at radius 3 is 2.32 bits per heavy atom. The zero-order valence-electron chi connectivity index (χ0n) is 16.2. The van der Waals surface area contributed by atoms with Crippen molar-refractivity contribution in [1.82, 2.24) is 9.78 Å². The van der Waals surface area contributed by atoms with Crippen molar-refractivity contribution in [1.29, 1.82) is 0 Å². The minimum absolute atomic E-state index is 0.103. The van der Waals surface area contributed by atoms with Crippen LogP contribution in [0.4, 0.5) is 18.9 Å². The first-order chi connectivity index (χ1) is 14.7. The minimum Gasteiger partial charge on any atom is -0.462 e. The van der Waals surface area contributed by atoms with Crippen LogP contribution < -0.4 is 5.32 Å². The maximum absolute atomic E-state index is 13.7. The number of ether oxygens (including phenoxy) is 1. The lowest BCUT2D eigenvalue weighted by atomic mass is 10.2. The van der Waals surface area contributed by atoms with E-state index in [4.69, 9.17) is 16.3 Å². The molecule has 0 radical (unpaired) electrons. The highest BCUT2D eigenvalue weighted by molar-refractivity contribution is 6.30. The van der Waals surface area contributed by atoms with Gasteiger partial charge < -0.3 is 10.1 Å². The van der Waals surface area contributed by atoms with Crippen LogP contribution in [0, 0.1) is 0 Å². The van der Waals surface area contributed by atoms with E-state index in [0.717, 1.165) is 6.20 Å². The van der Waals surface area contributed by atoms with E-state index in [1.54, 1.807) is 0 Å². The summed E-state index contributed by atoms with van der Waals surface area (Å²) in [7, 11) is 0. The van der Waals surface area contributed by atoms with Crippen LogP contribution in [0.1, 0.15) is 39.8 Å². The molecule has 2 aromatic carbocycles. The van der Waals surface area contributed by atoms with Gasteiger partial charge in [-0.05, 0) is 55.0 Å². The number of carbonyl (C=O) groups excluding carboxylic acids is 2.